The van der Waals surface area contributed by atoms with Crippen molar-refractivity contribution in [2.45, 2.75) is 103 Å². The molecule has 1 aromatic carbocycles. The van der Waals surface area contributed by atoms with Crippen LogP contribution in [0.5, 0.6) is 0 Å². The fourth-order valence-electron chi connectivity index (χ4n) is 11.2. The van der Waals surface area contributed by atoms with E-state index >= 15 is 0 Å². The molecule has 6 heteroatoms. The van der Waals surface area contributed by atoms with Gasteiger partial charge in [0.05, 0.1) is 38.1 Å². The van der Waals surface area contributed by atoms with Crippen molar-refractivity contribution < 1.29 is 14.2 Å². The van der Waals surface area contributed by atoms with Gasteiger partial charge in [0.2, 0.25) is 0 Å². The van der Waals surface area contributed by atoms with Gasteiger partial charge in [0, 0.05) is 23.5 Å². The van der Waals surface area contributed by atoms with E-state index in [-0.39, 0.29) is 11.0 Å². The molecule has 0 spiro atoms. The first kappa shape index (κ1) is 32.6. The second-order valence-corrected chi connectivity index (χ2v) is 16.3. The molecule has 250 valence electrons. The number of hydrogen-bond acceptors (Lipinski definition) is 5. The topological polar surface area (TPSA) is 34.2 Å². The van der Waals surface area contributed by atoms with Crippen LogP contribution in [0.3, 0.4) is 0 Å². The Hall–Kier alpha value is -0.950. The van der Waals surface area contributed by atoms with E-state index in [9.17, 15) is 0 Å². The molecule has 0 amide bonds. The Balaban J connectivity index is 1.00. The summed E-state index contributed by atoms with van der Waals surface area (Å²) < 4.78 is 19.6. The zero-order valence-corrected chi connectivity index (χ0v) is 29.0. The van der Waals surface area contributed by atoms with E-state index in [1.807, 2.05) is 0 Å². The minimum atomic E-state index is -0.222. The van der Waals surface area contributed by atoms with Gasteiger partial charge in [0.25, 0.3) is 0 Å². The van der Waals surface area contributed by atoms with Crippen molar-refractivity contribution in [3.8, 4) is 0 Å². The van der Waals surface area contributed by atoms with Crippen molar-refractivity contribution in [1.29, 1.82) is 0 Å². The van der Waals surface area contributed by atoms with Gasteiger partial charge >= 0.3 is 0 Å². The van der Waals surface area contributed by atoms with Gasteiger partial charge in [-0.25, -0.2) is 0 Å². The van der Waals surface area contributed by atoms with Crippen LogP contribution in [-0.2, 0) is 19.8 Å². The minimum absolute atomic E-state index is 0.143. The van der Waals surface area contributed by atoms with Gasteiger partial charge in [-0.2, -0.15) is 0 Å². The van der Waals surface area contributed by atoms with Crippen LogP contribution in [0.25, 0.3) is 0 Å². The first-order chi connectivity index (χ1) is 21.9. The maximum absolute atomic E-state index is 7.23. The number of hydrogen-bond donors (Lipinski definition) is 0. The van der Waals surface area contributed by atoms with Crippen LogP contribution in [0, 0.1) is 28.6 Å². The Morgan fingerprint density at radius 3 is 2.20 bits per heavy atom. The van der Waals surface area contributed by atoms with Crippen molar-refractivity contribution in [3.05, 3.63) is 46.5 Å². The van der Waals surface area contributed by atoms with E-state index < -0.39 is 0 Å². The standard InChI is InChI=1S/C39H59ClN2O3/c1-37-16-13-33(44-28-27-43-25-23-41-19-3-4-20-41)29-31(37)9-12-34-35(37)14-17-38(2)36(34)15-18-39(38,30-7-10-32(40)11-8-30)45-26-24-42-21-5-6-22-42/h7-11,33-36H,3-6,12-29H2,1-2H3/t33-,34+,35-,36-,37-,38-,39+/m0/s1. The van der Waals surface area contributed by atoms with Crippen LogP contribution >= 0.6 is 11.6 Å². The molecule has 0 N–H and O–H groups in total. The van der Waals surface area contributed by atoms with Crippen LogP contribution in [0.15, 0.2) is 35.9 Å². The summed E-state index contributed by atoms with van der Waals surface area (Å²) in [4.78, 5) is 5.11. The van der Waals surface area contributed by atoms with Gasteiger partial charge in [0.15, 0.2) is 0 Å². The lowest BCUT2D eigenvalue weighted by Crippen LogP contribution is -2.54. The highest BCUT2D eigenvalue weighted by atomic mass is 35.5. The van der Waals surface area contributed by atoms with Crippen LogP contribution in [0.2, 0.25) is 5.02 Å². The molecular formula is C39H59ClN2O3. The highest BCUT2D eigenvalue weighted by Crippen LogP contribution is 2.70. The molecule has 4 aliphatic carbocycles. The third kappa shape index (κ3) is 6.33. The summed E-state index contributed by atoms with van der Waals surface area (Å²) in [5.41, 5.74) is 3.29. The first-order valence-corrected chi connectivity index (χ1v) is 19.0. The average Bonchev–Trinajstić information content (AvgIpc) is 3.81. The summed E-state index contributed by atoms with van der Waals surface area (Å²) in [7, 11) is 0. The van der Waals surface area contributed by atoms with Gasteiger partial charge in [-0.3, -0.25) is 0 Å². The molecule has 0 unspecified atom stereocenters. The Kier molecular flexibility index (Phi) is 10.1. The summed E-state index contributed by atoms with van der Waals surface area (Å²) in [6.45, 7) is 15.4. The number of allylic oxidation sites excluding steroid dienone is 1. The van der Waals surface area contributed by atoms with Crippen molar-refractivity contribution in [2.24, 2.45) is 28.6 Å². The van der Waals surface area contributed by atoms with Crippen LogP contribution in [0.4, 0.5) is 0 Å². The van der Waals surface area contributed by atoms with Crippen LogP contribution < -0.4 is 0 Å². The van der Waals surface area contributed by atoms with E-state index in [1.54, 1.807) is 5.57 Å². The molecule has 0 aromatic heterocycles. The summed E-state index contributed by atoms with van der Waals surface area (Å²) >= 11 is 6.41. The summed E-state index contributed by atoms with van der Waals surface area (Å²) in [5.74, 6) is 2.21. The maximum Gasteiger partial charge on any atom is 0.0988 e. The number of halogens is 1. The molecule has 45 heavy (non-hydrogen) atoms. The lowest BCUT2D eigenvalue weighted by atomic mass is 9.46. The molecule has 6 aliphatic rings. The minimum Gasteiger partial charge on any atom is -0.378 e. The van der Waals surface area contributed by atoms with E-state index in [0.29, 0.717) is 17.4 Å². The number of nitrogens with zero attached hydrogens (tertiary/aromatic N) is 2. The summed E-state index contributed by atoms with van der Waals surface area (Å²) in [6, 6.07) is 8.72. The maximum atomic E-state index is 7.23. The molecule has 2 saturated heterocycles. The molecule has 7 atom stereocenters. The van der Waals surface area contributed by atoms with Crippen LogP contribution in [-0.4, -0.2) is 81.6 Å². The number of benzene rings is 1. The summed E-state index contributed by atoms with van der Waals surface area (Å²) in [6.07, 6.45) is 18.1. The predicted octanol–water partition coefficient (Wildman–Crippen LogP) is 8.11. The molecule has 2 aliphatic heterocycles. The number of likely N-dealkylation sites (tertiary alicyclic amines) is 2. The molecule has 3 saturated carbocycles. The monoisotopic (exact) mass is 638 g/mol. The smallest absolute Gasteiger partial charge is 0.0988 e. The molecule has 0 radical (unpaired) electrons. The Bertz CT molecular complexity index is 1160. The Morgan fingerprint density at radius 2 is 1.47 bits per heavy atom. The lowest BCUT2D eigenvalue weighted by Gasteiger charge is -2.59. The summed E-state index contributed by atoms with van der Waals surface area (Å²) in [5, 5.41) is 0.817. The molecule has 2 heterocycles. The quantitative estimate of drug-likeness (QED) is 0.171. The largest absolute Gasteiger partial charge is 0.378 e. The van der Waals surface area contributed by atoms with E-state index in [2.05, 4.69) is 54.0 Å². The van der Waals surface area contributed by atoms with E-state index in [4.69, 9.17) is 25.8 Å². The molecule has 7 rings (SSSR count). The Labute approximate surface area is 278 Å². The van der Waals surface area contributed by atoms with Crippen LogP contribution in [0.1, 0.15) is 96.5 Å². The van der Waals surface area contributed by atoms with Gasteiger partial charge in [-0.15, -0.1) is 0 Å². The van der Waals surface area contributed by atoms with Crippen molar-refractivity contribution >= 4 is 11.6 Å². The highest BCUT2D eigenvalue weighted by Gasteiger charge is 2.65. The van der Waals surface area contributed by atoms with Gasteiger partial charge in [-0.1, -0.05) is 49.2 Å². The number of ether oxygens (including phenoxy) is 3. The van der Waals surface area contributed by atoms with Crippen molar-refractivity contribution in [2.75, 3.05) is 65.7 Å². The third-order valence-electron chi connectivity index (χ3n) is 13.8. The highest BCUT2D eigenvalue weighted by molar-refractivity contribution is 6.30. The van der Waals surface area contributed by atoms with Crippen molar-refractivity contribution in [3.63, 3.8) is 0 Å². The molecule has 0 bridgehead atoms. The normalized spacial score (nSPS) is 38.6. The fraction of sp³-hybridized carbons (Fsp3) is 0.795. The number of rotatable bonds is 12. The van der Waals surface area contributed by atoms with E-state index in [1.165, 1.54) is 96.0 Å². The van der Waals surface area contributed by atoms with E-state index in [0.717, 1.165) is 69.2 Å². The zero-order valence-electron chi connectivity index (χ0n) is 28.2. The predicted molar refractivity (Wildman–Crippen MR) is 183 cm³/mol. The molecule has 5 nitrogen and oxygen atoms in total. The second kappa shape index (κ2) is 13.9. The molecule has 1 aromatic rings. The molecular weight excluding hydrogens is 580 g/mol. The second-order valence-electron chi connectivity index (χ2n) is 15.9. The lowest BCUT2D eigenvalue weighted by molar-refractivity contribution is -0.165. The van der Waals surface area contributed by atoms with Gasteiger partial charge in [-0.05, 0) is 144 Å². The average molecular weight is 639 g/mol. The zero-order chi connectivity index (χ0) is 30.9. The SMILES string of the molecule is C[C@]12CC[C@H](OCCOCCN3CCCC3)CC1=CC[C@@H]1[C@@H]2CC[C@@]2(C)[C@H]1CC[C@@]2(OCCN1CCCC1)c1ccc(Cl)cc1. The first-order valence-electron chi connectivity index (χ1n) is 18.6. The van der Waals surface area contributed by atoms with Crippen molar-refractivity contribution in [1.82, 2.24) is 9.80 Å². The van der Waals surface area contributed by atoms with Gasteiger partial charge < -0.3 is 24.0 Å². The number of fused-ring (bicyclic) bond motifs is 5. The fourth-order valence-corrected chi connectivity index (χ4v) is 11.3. The van der Waals surface area contributed by atoms with Gasteiger partial charge in [0.1, 0.15) is 0 Å². The molecule has 5 fully saturated rings. The third-order valence-corrected chi connectivity index (χ3v) is 14.0. The Morgan fingerprint density at radius 1 is 0.778 bits per heavy atom.